The Kier molecular flexibility index (Phi) is 4.22. The Balaban J connectivity index is 1.77. The summed E-state index contributed by atoms with van der Waals surface area (Å²) in [7, 11) is 0. The molecule has 2 aromatic carbocycles. The molecule has 0 spiro atoms. The van der Waals surface area contributed by atoms with Crippen LogP contribution in [0.25, 0.3) is 0 Å². The van der Waals surface area contributed by atoms with Gasteiger partial charge in [0.1, 0.15) is 0 Å². The lowest BCUT2D eigenvalue weighted by atomic mass is 10.2. The Morgan fingerprint density at radius 3 is 2.50 bits per heavy atom. The van der Waals surface area contributed by atoms with Crippen molar-refractivity contribution in [1.82, 2.24) is 4.68 Å². The first-order chi connectivity index (χ1) is 12.6. The molecule has 0 amide bonds. The van der Waals surface area contributed by atoms with Gasteiger partial charge in [0.15, 0.2) is 11.5 Å². The van der Waals surface area contributed by atoms with Crippen molar-refractivity contribution >= 4 is 23.2 Å². The molecule has 132 valence electrons. The topological polar surface area (TPSA) is 90.3 Å². The number of phenolic OH excluding ortho intramolecular Hbond substituents is 3. The van der Waals surface area contributed by atoms with Crippen LogP contribution in [0.1, 0.15) is 30.0 Å². The highest BCUT2D eigenvalue weighted by Gasteiger charge is 2.27. The van der Waals surface area contributed by atoms with E-state index in [0.717, 1.165) is 29.0 Å². The van der Waals surface area contributed by atoms with Gasteiger partial charge < -0.3 is 15.3 Å². The van der Waals surface area contributed by atoms with Crippen LogP contribution >= 0.6 is 11.3 Å². The van der Waals surface area contributed by atoms with E-state index in [4.69, 9.17) is 0 Å². The van der Waals surface area contributed by atoms with Crippen LogP contribution in [0.4, 0.5) is 5.69 Å². The molecule has 4 rings (SSSR count). The Morgan fingerprint density at radius 1 is 1.00 bits per heavy atom. The maximum atomic E-state index is 9.97. The minimum Gasteiger partial charge on any atom is -0.504 e. The van der Waals surface area contributed by atoms with Crippen molar-refractivity contribution in [3.8, 4) is 17.2 Å². The number of rotatable bonds is 4. The lowest BCUT2D eigenvalue weighted by Crippen LogP contribution is -2.12. The lowest BCUT2D eigenvalue weighted by Gasteiger charge is -2.04. The number of hydrogen-bond donors (Lipinski definition) is 3. The van der Waals surface area contributed by atoms with Gasteiger partial charge in [0, 0.05) is 16.9 Å². The van der Waals surface area contributed by atoms with Crippen molar-refractivity contribution in [3.63, 3.8) is 0 Å². The van der Waals surface area contributed by atoms with Crippen molar-refractivity contribution < 1.29 is 15.3 Å². The number of phenols is 3. The third-order valence-corrected chi connectivity index (χ3v) is 5.00. The largest absolute Gasteiger partial charge is 0.504 e. The van der Waals surface area contributed by atoms with E-state index >= 15 is 0 Å². The quantitative estimate of drug-likeness (QED) is 0.485. The average molecular weight is 367 g/mol. The number of thiazole rings is 1. The van der Waals surface area contributed by atoms with E-state index in [1.54, 1.807) is 4.68 Å². The summed E-state index contributed by atoms with van der Waals surface area (Å²) in [6.07, 6.45) is 3.71. The molecule has 1 heterocycles. The summed E-state index contributed by atoms with van der Waals surface area (Å²) in [6.45, 7) is 0. The van der Waals surface area contributed by atoms with Crippen LogP contribution in [-0.2, 0) is 0 Å². The second-order valence-corrected chi connectivity index (χ2v) is 6.93. The monoisotopic (exact) mass is 367 g/mol. The molecule has 1 aliphatic carbocycles. The maximum absolute atomic E-state index is 9.97. The van der Waals surface area contributed by atoms with E-state index in [1.807, 2.05) is 30.3 Å². The van der Waals surface area contributed by atoms with Gasteiger partial charge in [-0.1, -0.05) is 18.2 Å². The minimum absolute atomic E-state index is 0.311. The highest BCUT2D eigenvalue weighted by atomic mass is 32.1. The van der Waals surface area contributed by atoms with Crippen LogP contribution in [0.15, 0.2) is 57.9 Å². The van der Waals surface area contributed by atoms with Crippen LogP contribution in [0.3, 0.4) is 0 Å². The summed E-state index contributed by atoms with van der Waals surface area (Å²) in [5.74, 6) is -0.855. The second-order valence-electron chi connectivity index (χ2n) is 6.09. The molecule has 0 saturated heterocycles. The summed E-state index contributed by atoms with van der Waals surface area (Å²) in [4.78, 5) is 5.39. The normalized spacial score (nSPS) is 15.0. The van der Waals surface area contributed by atoms with E-state index in [0.29, 0.717) is 11.5 Å². The Hall–Kier alpha value is -3.06. The van der Waals surface area contributed by atoms with Crippen molar-refractivity contribution in [2.75, 3.05) is 0 Å². The standard InChI is InChI=1S/C19H17N3O3S/c23-16-9-8-13(17(24)18(16)25)10-20-22-15(12-6-7-12)11-26-19(22)21-14-4-2-1-3-5-14/h1-5,8-12,23-25H,6-7H2. The fourth-order valence-corrected chi connectivity index (χ4v) is 3.51. The van der Waals surface area contributed by atoms with E-state index in [-0.39, 0.29) is 5.75 Å². The molecular formula is C19H17N3O3S. The highest BCUT2D eigenvalue weighted by Crippen LogP contribution is 2.40. The van der Waals surface area contributed by atoms with E-state index in [1.165, 1.54) is 29.7 Å². The van der Waals surface area contributed by atoms with Gasteiger partial charge in [0.25, 0.3) is 0 Å². The van der Waals surface area contributed by atoms with Gasteiger partial charge in [0.05, 0.1) is 17.6 Å². The van der Waals surface area contributed by atoms with Gasteiger partial charge in [0.2, 0.25) is 10.6 Å². The van der Waals surface area contributed by atoms with Crippen molar-refractivity contribution in [2.45, 2.75) is 18.8 Å². The molecule has 3 N–H and O–H groups in total. The number of hydrogen-bond acceptors (Lipinski definition) is 6. The summed E-state index contributed by atoms with van der Waals surface area (Å²) in [6, 6.07) is 12.5. The molecule has 6 nitrogen and oxygen atoms in total. The van der Waals surface area contributed by atoms with E-state index in [2.05, 4.69) is 15.5 Å². The Labute approximate surface area is 153 Å². The lowest BCUT2D eigenvalue weighted by molar-refractivity contribution is 0.367. The maximum Gasteiger partial charge on any atom is 0.211 e. The molecule has 1 saturated carbocycles. The fraction of sp³-hybridized carbons (Fsp3) is 0.158. The molecule has 1 fully saturated rings. The molecule has 0 atom stereocenters. The van der Waals surface area contributed by atoms with Crippen LogP contribution in [0.5, 0.6) is 17.2 Å². The summed E-state index contributed by atoms with van der Waals surface area (Å²) in [5, 5.41) is 35.6. The highest BCUT2D eigenvalue weighted by molar-refractivity contribution is 7.07. The molecule has 1 aromatic heterocycles. The number of benzene rings is 2. The predicted molar refractivity (Wildman–Crippen MR) is 100 cm³/mol. The first-order valence-corrected chi connectivity index (χ1v) is 9.10. The number of nitrogens with zero attached hydrogens (tertiary/aromatic N) is 3. The SMILES string of the molecule is Oc1ccc(C=Nn2c(C3CC3)csc2=Nc2ccccc2)c(O)c1O. The molecular weight excluding hydrogens is 350 g/mol. The van der Waals surface area contributed by atoms with Crippen LogP contribution in [0, 0.1) is 0 Å². The van der Waals surface area contributed by atoms with Crippen LogP contribution < -0.4 is 4.80 Å². The molecule has 0 radical (unpaired) electrons. The third kappa shape index (κ3) is 3.21. The zero-order chi connectivity index (χ0) is 18.1. The van der Waals surface area contributed by atoms with Gasteiger partial charge in [-0.25, -0.2) is 9.67 Å². The van der Waals surface area contributed by atoms with Gasteiger partial charge >= 0.3 is 0 Å². The summed E-state index contributed by atoms with van der Waals surface area (Å²) in [5.41, 5.74) is 2.24. The van der Waals surface area contributed by atoms with Crippen LogP contribution in [-0.4, -0.2) is 26.2 Å². The number of aromatic nitrogens is 1. The van der Waals surface area contributed by atoms with Crippen molar-refractivity contribution in [2.24, 2.45) is 10.1 Å². The summed E-state index contributed by atoms with van der Waals surface area (Å²) >= 11 is 1.51. The third-order valence-electron chi connectivity index (χ3n) is 4.16. The van der Waals surface area contributed by atoms with E-state index < -0.39 is 11.5 Å². The predicted octanol–water partition coefficient (Wildman–Crippen LogP) is 3.66. The van der Waals surface area contributed by atoms with Crippen molar-refractivity contribution in [3.05, 3.63) is 63.9 Å². The first kappa shape index (κ1) is 16.4. The number of aromatic hydroxyl groups is 3. The molecule has 7 heteroatoms. The van der Waals surface area contributed by atoms with Gasteiger partial charge in [-0.15, -0.1) is 11.3 Å². The van der Waals surface area contributed by atoms with E-state index in [9.17, 15) is 15.3 Å². The van der Waals surface area contributed by atoms with Crippen molar-refractivity contribution in [1.29, 1.82) is 0 Å². The zero-order valence-corrected chi connectivity index (χ0v) is 14.6. The second kappa shape index (κ2) is 6.68. The smallest absolute Gasteiger partial charge is 0.211 e. The van der Waals surface area contributed by atoms with Crippen LogP contribution in [0.2, 0.25) is 0 Å². The first-order valence-electron chi connectivity index (χ1n) is 8.22. The molecule has 1 aliphatic rings. The number of para-hydroxylation sites is 1. The molecule has 3 aromatic rings. The van der Waals surface area contributed by atoms with Gasteiger partial charge in [-0.3, -0.25) is 0 Å². The Bertz CT molecular complexity index is 1030. The molecule has 0 unspecified atom stereocenters. The minimum atomic E-state index is -0.555. The summed E-state index contributed by atoms with van der Waals surface area (Å²) < 4.78 is 1.78. The molecule has 0 aliphatic heterocycles. The van der Waals surface area contributed by atoms with Gasteiger partial charge in [-0.05, 0) is 37.1 Å². The molecule has 26 heavy (non-hydrogen) atoms. The average Bonchev–Trinajstić information content (AvgIpc) is 3.42. The zero-order valence-electron chi connectivity index (χ0n) is 13.8. The van der Waals surface area contributed by atoms with Gasteiger partial charge in [-0.2, -0.15) is 5.10 Å². The Morgan fingerprint density at radius 2 is 1.77 bits per heavy atom. The fourth-order valence-electron chi connectivity index (χ4n) is 2.58. The molecule has 0 bridgehead atoms.